The van der Waals surface area contributed by atoms with Crippen LogP contribution in [0.5, 0.6) is 0 Å². The fourth-order valence-corrected chi connectivity index (χ4v) is 1.52. The van der Waals surface area contributed by atoms with E-state index in [0.29, 0.717) is 5.92 Å². The van der Waals surface area contributed by atoms with Crippen LogP contribution < -0.4 is 0 Å². The molecule has 0 aliphatic carbocycles. The van der Waals surface area contributed by atoms with E-state index < -0.39 is 0 Å². The Kier molecular flexibility index (Phi) is 1.96. The summed E-state index contributed by atoms with van der Waals surface area (Å²) in [4.78, 5) is 0. The van der Waals surface area contributed by atoms with E-state index in [-0.39, 0.29) is 6.10 Å². The first-order valence-electron chi connectivity index (χ1n) is 4.21. The molecule has 1 nitrogen and oxygen atoms in total. The van der Waals surface area contributed by atoms with Crippen molar-refractivity contribution in [2.24, 2.45) is 0 Å². The molecule has 0 bridgehead atoms. The lowest BCUT2D eigenvalue weighted by molar-refractivity contribution is -0.0457. The standard InChI is InChI=1S/C11H12O/c1-2-11-10(8-12-11)9-6-4-3-5-7-9/h2-7,10-11H,1,8H2. The molecule has 0 aromatic heterocycles. The summed E-state index contributed by atoms with van der Waals surface area (Å²) in [6.45, 7) is 4.57. The van der Waals surface area contributed by atoms with Gasteiger partial charge in [-0.1, -0.05) is 36.4 Å². The molecule has 0 N–H and O–H groups in total. The lowest BCUT2D eigenvalue weighted by Crippen LogP contribution is -2.35. The lowest BCUT2D eigenvalue weighted by Gasteiger charge is -2.34. The Balaban J connectivity index is 2.16. The molecule has 1 heteroatoms. The first kappa shape index (κ1) is 7.56. The fraction of sp³-hybridized carbons (Fsp3) is 0.273. The minimum Gasteiger partial charge on any atom is -0.373 e. The molecule has 0 saturated carbocycles. The molecule has 0 amide bonds. The highest BCUT2D eigenvalue weighted by molar-refractivity contribution is 5.24. The van der Waals surface area contributed by atoms with E-state index in [0.717, 1.165) is 6.61 Å². The molecule has 12 heavy (non-hydrogen) atoms. The monoisotopic (exact) mass is 160 g/mol. The number of hydrogen-bond donors (Lipinski definition) is 0. The van der Waals surface area contributed by atoms with E-state index in [1.165, 1.54) is 5.56 Å². The predicted octanol–water partition coefficient (Wildman–Crippen LogP) is 2.36. The molecule has 1 aliphatic rings. The summed E-state index contributed by atoms with van der Waals surface area (Å²) in [6.07, 6.45) is 2.11. The molecule has 1 heterocycles. The van der Waals surface area contributed by atoms with E-state index in [9.17, 15) is 0 Å². The van der Waals surface area contributed by atoms with Gasteiger partial charge in [-0.15, -0.1) is 6.58 Å². The highest BCUT2D eigenvalue weighted by atomic mass is 16.5. The SMILES string of the molecule is C=CC1OCC1c1ccccc1. The molecule has 2 atom stereocenters. The van der Waals surface area contributed by atoms with Crippen LogP contribution in [-0.4, -0.2) is 12.7 Å². The van der Waals surface area contributed by atoms with Crippen LogP contribution in [0, 0.1) is 0 Å². The Hall–Kier alpha value is -1.08. The van der Waals surface area contributed by atoms with Gasteiger partial charge in [0.2, 0.25) is 0 Å². The van der Waals surface area contributed by atoms with E-state index in [4.69, 9.17) is 4.74 Å². The maximum Gasteiger partial charge on any atom is 0.0844 e. The zero-order chi connectivity index (χ0) is 8.39. The third kappa shape index (κ3) is 1.16. The van der Waals surface area contributed by atoms with Crippen LogP contribution in [0.2, 0.25) is 0 Å². The summed E-state index contributed by atoms with van der Waals surface area (Å²) in [5.41, 5.74) is 1.36. The summed E-state index contributed by atoms with van der Waals surface area (Å²) in [5.74, 6) is 0.531. The van der Waals surface area contributed by atoms with Crippen LogP contribution in [0.15, 0.2) is 43.0 Å². The third-order valence-electron chi connectivity index (χ3n) is 2.32. The molecule has 0 spiro atoms. The number of ether oxygens (including phenoxy) is 1. The topological polar surface area (TPSA) is 9.23 Å². The van der Waals surface area contributed by atoms with Gasteiger partial charge in [0.05, 0.1) is 12.7 Å². The van der Waals surface area contributed by atoms with Gasteiger partial charge >= 0.3 is 0 Å². The summed E-state index contributed by atoms with van der Waals surface area (Å²) < 4.78 is 5.33. The fourth-order valence-electron chi connectivity index (χ4n) is 1.52. The van der Waals surface area contributed by atoms with Crippen molar-refractivity contribution in [3.63, 3.8) is 0 Å². The second-order valence-electron chi connectivity index (χ2n) is 3.05. The van der Waals surface area contributed by atoms with Gasteiger partial charge in [-0.05, 0) is 5.56 Å². The van der Waals surface area contributed by atoms with Crippen molar-refractivity contribution >= 4 is 0 Å². The molecule has 1 aromatic rings. The van der Waals surface area contributed by atoms with Crippen molar-refractivity contribution in [1.29, 1.82) is 0 Å². The Morgan fingerprint density at radius 1 is 1.33 bits per heavy atom. The Morgan fingerprint density at radius 3 is 2.58 bits per heavy atom. The van der Waals surface area contributed by atoms with Crippen LogP contribution in [0.1, 0.15) is 11.5 Å². The van der Waals surface area contributed by atoms with Crippen molar-refractivity contribution in [1.82, 2.24) is 0 Å². The second kappa shape index (κ2) is 3.11. The van der Waals surface area contributed by atoms with Crippen LogP contribution >= 0.6 is 0 Å². The van der Waals surface area contributed by atoms with Crippen LogP contribution in [0.3, 0.4) is 0 Å². The molecular formula is C11H12O. The van der Waals surface area contributed by atoms with Gasteiger partial charge in [-0.3, -0.25) is 0 Å². The zero-order valence-electron chi connectivity index (χ0n) is 6.94. The average molecular weight is 160 g/mol. The van der Waals surface area contributed by atoms with Gasteiger partial charge in [0, 0.05) is 5.92 Å². The van der Waals surface area contributed by atoms with Crippen molar-refractivity contribution < 1.29 is 4.74 Å². The van der Waals surface area contributed by atoms with Gasteiger partial charge in [-0.25, -0.2) is 0 Å². The molecule has 1 fully saturated rings. The molecule has 1 saturated heterocycles. The lowest BCUT2D eigenvalue weighted by atomic mass is 9.90. The number of rotatable bonds is 2. The van der Waals surface area contributed by atoms with Crippen molar-refractivity contribution in [3.8, 4) is 0 Å². The molecule has 2 unspecified atom stereocenters. The largest absolute Gasteiger partial charge is 0.373 e. The average Bonchev–Trinajstić information content (AvgIpc) is 2.05. The Bertz CT molecular complexity index is 266. The molecular weight excluding hydrogens is 148 g/mol. The van der Waals surface area contributed by atoms with Crippen LogP contribution in [-0.2, 0) is 4.74 Å². The molecule has 0 radical (unpaired) electrons. The number of hydrogen-bond acceptors (Lipinski definition) is 1. The van der Waals surface area contributed by atoms with Gasteiger partial charge in [-0.2, -0.15) is 0 Å². The highest BCUT2D eigenvalue weighted by Crippen LogP contribution is 2.31. The minimum absolute atomic E-state index is 0.229. The second-order valence-corrected chi connectivity index (χ2v) is 3.05. The summed E-state index contributed by atoms with van der Waals surface area (Å²) in [6, 6.07) is 10.4. The quantitative estimate of drug-likeness (QED) is 0.603. The first-order chi connectivity index (χ1) is 5.92. The molecule has 1 aliphatic heterocycles. The maximum atomic E-state index is 5.33. The minimum atomic E-state index is 0.229. The van der Waals surface area contributed by atoms with Crippen LogP contribution in [0.4, 0.5) is 0 Å². The van der Waals surface area contributed by atoms with Gasteiger partial charge in [0.25, 0.3) is 0 Å². The molecule has 1 aromatic carbocycles. The predicted molar refractivity (Wildman–Crippen MR) is 49.1 cm³/mol. The first-order valence-corrected chi connectivity index (χ1v) is 4.21. The summed E-state index contributed by atoms with van der Waals surface area (Å²) in [5, 5.41) is 0. The van der Waals surface area contributed by atoms with Crippen molar-refractivity contribution in [2.75, 3.05) is 6.61 Å². The Morgan fingerprint density at radius 2 is 2.08 bits per heavy atom. The van der Waals surface area contributed by atoms with E-state index in [1.807, 2.05) is 12.1 Å². The van der Waals surface area contributed by atoms with Crippen molar-refractivity contribution in [3.05, 3.63) is 48.6 Å². The van der Waals surface area contributed by atoms with Crippen LogP contribution in [0.25, 0.3) is 0 Å². The van der Waals surface area contributed by atoms with Gasteiger partial charge in [0.15, 0.2) is 0 Å². The van der Waals surface area contributed by atoms with Gasteiger partial charge in [0.1, 0.15) is 0 Å². The maximum absolute atomic E-state index is 5.33. The van der Waals surface area contributed by atoms with E-state index in [2.05, 4.69) is 30.8 Å². The zero-order valence-corrected chi connectivity index (χ0v) is 6.94. The van der Waals surface area contributed by atoms with Crippen molar-refractivity contribution in [2.45, 2.75) is 12.0 Å². The third-order valence-corrected chi connectivity index (χ3v) is 2.32. The van der Waals surface area contributed by atoms with Gasteiger partial charge < -0.3 is 4.74 Å². The Labute approximate surface area is 72.7 Å². The summed E-state index contributed by atoms with van der Waals surface area (Å²) >= 11 is 0. The molecule has 2 rings (SSSR count). The van der Waals surface area contributed by atoms with E-state index in [1.54, 1.807) is 0 Å². The highest BCUT2D eigenvalue weighted by Gasteiger charge is 2.30. The normalized spacial score (nSPS) is 27.7. The van der Waals surface area contributed by atoms with E-state index >= 15 is 0 Å². The summed E-state index contributed by atoms with van der Waals surface area (Å²) in [7, 11) is 0. The smallest absolute Gasteiger partial charge is 0.0844 e. The molecule has 62 valence electrons. The number of benzene rings is 1.